The molecule has 10 heteroatoms. The first-order valence-corrected chi connectivity index (χ1v) is 11.5. The second-order valence-electron chi connectivity index (χ2n) is 7.85. The maximum Gasteiger partial charge on any atom is 0.271 e. The molecule has 9 nitrogen and oxygen atoms in total. The zero-order valence-electron chi connectivity index (χ0n) is 19.4. The molecule has 3 aromatic carbocycles. The third kappa shape index (κ3) is 6.39. The largest absolute Gasteiger partial charge is 0.487 e. The smallest absolute Gasteiger partial charge is 0.271 e. The van der Waals surface area contributed by atoms with Crippen LogP contribution in [0, 0.1) is 10.1 Å². The summed E-state index contributed by atoms with van der Waals surface area (Å²) < 4.78 is 13.0. The molecule has 4 rings (SSSR count). The van der Waals surface area contributed by atoms with Crippen molar-refractivity contribution in [3.05, 3.63) is 111 Å². The van der Waals surface area contributed by atoms with Crippen molar-refractivity contribution < 1.29 is 19.2 Å². The predicted octanol–water partition coefficient (Wildman–Crippen LogP) is 5.87. The van der Waals surface area contributed by atoms with Gasteiger partial charge in [0.15, 0.2) is 6.73 Å². The van der Waals surface area contributed by atoms with E-state index in [4.69, 9.17) is 21.1 Å². The van der Waals surface area contributed by atoms with Gasteiger partial charge in [0.2, 0.25) is 0 Å². The summed E-state index contributed by atoms with van der Waals surface area (Å²) in [6.45, 7) is 2.50. The third-order valence-corrected chi connectivity index (χ3v) is 5.62. The normalized spacial score (nSPS) is 10.6. The van der Waals surface area contributed by atoms with E-state index < -0.39 is 4.92 Å². The second-order valence-corrected chi connectivity index (χ2v) is 8.26. The van der Waals surface area contributed by atoms with Gasteiger partial charge >= 0.3 is 0 Å². The van der Waals surface area contributed by atoms with Gasteiger partial charge in [0.25, 0.3) is 11.6 Å². The maximum absolute atomic E-state index is 12.6. The van der Waals surface area contributed by atoms with E-state index >= 15 is 0 Å². The van der Waals surface area contributed by atoms with E-state index in [1.165, 1.54) is 23.8 Å². The van der Waals surface area contributed by atoms with Crippen LogP contribution < -0.4 is 14.8 Å². The summed E-state index contributed by atoms with van der Waals surface area (Å²) in [5.41, 5.74) is 2.94. The fourth-order valence-electron chi connectivity index (χ4n) is 3.30. The van der Waals surface area contributed by atoms with Crippen molar-refractivity contribution >= 4 is 28.9 Å². The summed E-state index contributed by atoms with van der Waals surface area (Å²) in [7, 11) is 0. The number of nitro groups is 1. The number of anilines is 1. The number of aryl methyl sites for hydroxylation is 1. The molecule has 0 aliphatic rings. The van der Waals surface area contributed by atoms with Gasteiger partial charge in [-0.25, -0.2) is 4.68 Å². The van der Waals surface area contributed by atoms with Gasteiger partial charge in [-0.1, -0.05) is 42.8 Å². The number of nitrogens with one attached hydrogen (secondary N) is 1. The minimum Gasteiger partial charge on any atom is -0.487 e. The molecule has 0 fully saturated rings. The second kappa shape index (κ2) is 11.4. The highest BCUT2D eigenvalue weighted by molar-refractivity contribution is 6.32. The molecule has 0 radical (unpaired) electrons. The Balaban J connectivity index is 1.28. The number of hydrogen-bond acceptors (Lipinski definition) is 6. The van der Waals surface area contributed by atoms with Gasteiger partial charge in [-0.3, -0.25) is 14.9 Å². The molecule has 0 bridgehead atoms. The zero-order valence-corrected chi connectivity index (χ0v) is 20.1. The van der Waals surface area contributed by atoms with Crippen molar-refractivity contribution in [1.82, 2.24) is 9.78 Å². The van der Waals surface area contributed by atoms with E-state index in [1.807, 2.05) is 24.3 Å². The van der Waals surface area contributed by atoms with Gasteiger partial charge in [0, 0.05) is 17.7 Å². The summed E-state index contributed by atoms with van der Waals surface area (Å²) in [6, 6.07) is 18.8. The SMILES string of the molecule is CCc1ccc(OCn2cc(NC(=O)c3ccc(COc4ccc([N+](=O)[O-])cc4Cl)cc3)cn2)cc1. The van der Waals surface area contributed by atoms with Gasteiger partial charge in [-0.2, -0.15) is 5.10 Å². The van der Waals surface area contributed by atoms with Crippen LogP contribution in [0.4, 0.5) is 11.4 Å². The average molecular weight is 507 g/mol. The highest BCUT2D eigenvalue weighted by Gasteiger charge is 2.11. The number of rotatable bonds is 10. The van der Waals surface area contributed by atoms with Crippen molar-refractivity contribution in [2.75, 3.05) is 5.32 Å². The number of non-ortho nitro benzene ring substituents is 1. The number of carbonyl (C=O) groups is 1. The van der Waals surface area contributed by atoms with Crippen LogP contribution in [-0.2, 0) is 19.8 Å². The van der Waals surface area contributed by atoms with Crippen molar-refractivity contribution in [1.29, 1.82) is 0 Å². The Hall–Kier alpha value is -4.37. The van der Waals surface area contributed by atoms with Crippen LogP contribution in [0.1, 0.15) is 28.4 Å². The molecular weight excluding hydrogens is 484 g/mol. The Morgan fingerprint density at radius 3 is 2.44 bits per heavy atom. The monoisotopic (exact) mass is 506 g/mol. The van der Waals surface area contributed by atoms with E-state index in [0.717, 1.165) is 17.7 Å². The molecule has 1 amide bonds. The summed E-state index contributed by atoms with van der Waals surface area (Å²) in [4.78, 5) is 22.9. The molecule has 184 valence electrons. The van der Waals surface area contributed by atoms with E-state index in [9.17, 15) is 14.9 Å². The highest BCUT2D eigenvalue weighted by Crippen LogP contribution is 2.29. The average Bonchev–Trinajstić information content (AvgIpc) is 3.34. The minimum atomic E-state index is -0.523. The summed E-state index contributed by atoms with van der Waals surface area (Å²) in [5.74, 6) is 0.799. The van der Waals surface area contributed by atoms with E-state index in [2.05, 4.69) is 17.3 Å². The highest BCUT2D eigenvalue weighted by atomic mass is 35.5. The molecule has 0 aliphatic heterocycles. The molecule has 1 heterocycles. The topological polar surface area (TPSA) is 109 Å². The maximum atomic E-state index is 12.6. The Kier molecular flexibility index (Phi) is 7.82. The predicted molar refractivity (Wildman–Crippen MR) is 136 cm³/mol. The van der Waals surface area contributed by atoms with E-state index in [1.54, 1.807) is 41.3 Å². The molecule has 4 aromatic rings. The molecule has 0 saturated carbocycles. The number of carbonyl (C=O) groups excluding carboxylic acids is 1. The number of nitrogens with zero attached hydrogens (tertiary/aromatic N) is 3. The van der Waals surface area contributed by atoms with Gasteiger partial charge in [-0.15, -0.1) is 0 Å². The Morgan fingerprint density at radius 1 is 1.06 bits per heavy atom. The van der Waals surface area contributed by atoms with Gasteiger partial charge in [-0.05, 0) is 47.9 Å². The first kappa shape index (κ1) is 24.7. The number of benzene rings is 3. The number of aromatic nitrogens is 2. The van der Waals surface area contributed by atoms with E-state index in [0.29, 0.717) is 17.0 Å². The van der Waals surface area contributed by atoms with Crippen LogP contribution >= 0.6 is 11.6 Å². The number of halogens is 1. The molecule has 0 aliphatic carbocycles. The molecule has 0 unspecified atom stereocenters. The number of nitro benzene ring substituents is 1. The Morgan fingerprint density at radius 2 is 1.78 bits per heavy atom. The fraction of sp³-hybridized carbons (Fsp3) is 0.154. The zero-order chi connectivity index (χ0) is 25.5. The summed E-state index contributed by atoms with van der Waals surface area (Å²) >= 11 is 6.05. The van der Waals surface area contributed by atoms with Crippen LogP contribution in [0.3, 0.4) is 0 Å². The standard InChI is InChI=1S/C26H23ClN4O5/c1-2-18-5-10-23(11-6-18)36-17-30-15-21(14-28-30)29-26(32)20-7-3-19(4-8-20)16-35-25-12-9-22(31(33)34)13-24(25)27/h3-15H,2,16-17H2,1H3,(H,29,32). The minimum absolute atomic E-state index is 0.109. The third-order valence-electron chi connectivity index (χ3n) is 5.32. The van der Waals surface area contributed by atoms with E-state index in [-0.39, 0.29) is 30.0 Å². The summed E-state index contributed by atoms with van der Waals surface area (Å²) in [6.07, 6.45) is 4.21. The lowest BCUT2D eigenvalue weighted by atomic mass is 10.1. The first-order chi connectivity index (χ1) is 17.4. The molecule has 1 aromatic heterocycles. The molecule has 36 heavy (non-hydrogen) atoms. The van der Waals surface area contributed by atoms with Crippen LogP contribution in [0.15, 0.2) is 79.1 Å². The molecular formula is C26H23ClN4O5. The lowest BCUT2D eigenvalue weighted by Crippen LogP contribution is -2.11. The van der Waals surface area contributed by atoms with Crippen molar-refractivity contribution in [2.24, 2.45) is 0 Å². The molecule has 1 N–H and O–H groups in total. The van der Waals surface area contributed by atoms with Crippen molar-refractivity contribution in [3.8, 4) is 11.5 Å². The number of amides is 1. The van der Waals surface area contributed by atoms with Crippen LogP contribution in [0.25, 0.3) is 0 Å². The number of hydrogen-bond donors (Lipinski definition) is 1. The van der Waals surface area contributed by atoms with Crippen LogP contribution in [-0.4, -0.2) is 20.6 Å². The van der Waals surface area contributed by atoms with Crippen LogP contribution in [0.5, 0.6) is 11.5 Å². The number of ether oxygens (including phenoxy) is 2. The van der Waals surface area contributed by atoms with Gasteiger partial charge < -0.3 is 14.8 Å². The van der Waals surface area contributed by atoms with Gasteiger partial charge in [0.05, 0.1) is 28.0 Å². The Bertz CT molecular complexity index is 1350. The quantitative estimate of drug-likeness (QED) is 0.213. The lowest BCUT2D eigenvalue weighted by molar-refractivity contribution is -0.384. The molecule has 0 atom stereocenters. The molecule has 0 saturated heterocycles. The van der Waals surface area contributed by atoms with Crippen LogP contribution in [0.2, 0.25) is 5.02 Å². The van der Waals surface area contributed by atoms with Crippen molar-refractivity contribution in [3.63, 3.8) is 0 Å². The first-order valence-electron chi connectivity index (χ1n) is 11.1. The lowest BCUT2D eigenvalue weighted by Gasteiger charge is -2.09. The van der Waals surface area contributed by atoms with Crippen molar-refractivity contribution in [2.45, 2.75) is 26.7 Å². The molecule has 0 spiro atoms. The fourth-order valence-corrected chi connectivity index (χ4v) is 3.53. The Labute approximate surface area is 212 Å². The summed E-state index contributed by atoms with van der Waals surface area (Å²) in [5, 5.41) is 18.0. The van der Waals surface area contributed by atoms with Gasteiger partial charge in [0.1, 0.15) is 18.1 Å².